The Kier molecular flexibility index (Phi) is 10.8. The molecule has 0 aliphatic carbocycles. The topological polar surface area (TPSA) is 42.9 Å². The molecule has 0 atom stereocenters. The Morgan fingerprint density at radius 1 is 1.26 bits per heavy atom. The highest BCUT2D eigenvalue weighted by molar-refractivity contribution is 14.0. The lowest BCUT2D eigenvalue weighted by Crippen LogP contribution is -2.42. The van der Waals surface area contributed by atoms with E-state index < -0.39 is 0 Å². The molecule has 0 saturated carbocycles. The molecule has 5 nitrogen and oxygen atoms in total. The standard InChI is InChI=1S/C16H29N5S.HI/c1-3-17-16(19-13-15-5-12-22-14-15)18-6-9-21-8-4-7-20(2)10-11-21;/h5,12,14H,3-4,6-11,13H2,1-2H3,(H2,17,18,19);1H. The number of nitrogens with one attached hydrogen (secondary N) is 2. The van der Waals surface area contributed by atoms with Gasteiger partial charge in [0, 0.05) is 32.7 Å². The van der Waals surface area contributed by atoms with Gasteiger partial charge in [-0.1, -0.05) is 0 Å². The van der Waals surface area contributed by atoms with Crippen LogP contribution in [0.2, 0.25) is 0 Å². The minimum absolute atomic E-state index is 0. The fraction of sp³-hybridized carbons (Fsp3) is 0.688. The molecular weight excluding hydrogens is 421 g/mol. The summed E-state index contributed by atoms with van der Waals surface area (Å²) in [4.78, 5) is 9.60. The van der Waals surface area contributed by atoms with Gasteiger partial charge in [0.1, 0.15) is 0 Å². The van der Waals surface area contributed by atoms with Crippen molar-refractivity contribution in [1.29, 1.82) is 0 Å². The molecule has 0 radical (unpaired) electrons. The van der Waals surface area contributed by atoms with E-state index in [0.717, 1.165) is 32.1 Å². The zero-order chi connectivity index (χ0) is 15.6. The minimum atomic E-state index is 0. The zero-order valence-electron chi connectivity index (χ0n) is 14.3. The Hall–Kier alpha value is -0.380. The molecule has 1 saturated heterocycles. The highest BCUT2D eigenvalue weighted by Crippen LogP contribution is 2.06. The number of likely N-dealkylation sites (N-methyl/N-ethyl adjacent to an activating group) is 1. The monoisotopic (exact) mass is 451 g/mol. The van der Waals surface area contributed by atoms with Crippen LogP contribution in [0, 0.1) is 0 Å². The molecule has 7 heteroatoms. The van der Waals surface area contributed by atoms with E-state index in [1.807, 2.05) is 0 Å². The molecule has 1 fully saturated rings. The third-order valence-electron chi connectivity index (χ3n) is 3.88. The summed E-state index contributed by atoms with van der Waals surface area (Å²) in [6, 6.07) is 2.13. The number of aliphatic imine (C=N–C) groups is 1. The highest BCUT2D eigenvalue weighted by atomic mass is 127. The first-order chi connectivity index (χ1) is 10.8. The Morgan fingerprint density at radius 2 is 2.13 bits per heavy atom. The predicted molar refractivity (Wildman–Crippen MR) is 111 cm³/mol. The highest BCUT2D eigenvalue weighted by Gasteiger charge is 2.11. The van der Waals surface area contributed by atoms with Crippen LogP contribution in [0.3, 0.4) is 0 Å². The maximum absolute atomic E-state index is 4.64. The molecule has 0 spiro atoms. The quantitative estimate of drug-likeness (QED) is 0.395. The number of nitrogens with zero attached hydrogens (tertiary/aromatic N) is 3. The van der Waals surface area contributed by atoms with Crippen LogP contribution in [0.4, 0.5) is 0 Å². The van der Waals surface area contributed by atoms with E-state index in [-0.39, 0.29) is 24.0 Å². The van der Waals surface area contributed by atoms with Gasteiger partial charge < -0.3 is 20.4 Å². The number of hydrogen-bond donors (Lipinski definition) is 2. The van der Waals surface area contributed by atoms with Gasteiger partial charge in [0.05, 0.1) is 6.54 Å². The number of halogens is 1. The summed E-state index contributed by atoms with van der Waals surface area (Å²) in [5.41, 5.74) is 1.28. The summed E-state index contributed by atoms with van der Waals surface area (Å²) in [7, 11) is 2.21. The molecule has 2 heterocycles. The van der Waals surface area contributed by atoms with Crippen molar-refractivity contribution >= 4 is 41.3 Å². The van der Waals surface area contributed by atoms with Crippen LogP contribution in [-0.2, 0) is 6.54 Å². The first-order valence-electron chi connectivity index (χ1n) is 8.22. The van der Waals surface area contributed by atoms with Crippen LogP contribution in [0.25, 0.3) is 0 Å². The molecule has 1 aliphatic rings. The lowest BCUT2D eigenvalue weighted by atomic mass is 10.3. The normalized spacial score (nSPS) is 17.4. The Bertz CT molecular complexity index is 438. The van der Waals surface area contributed by atoms with Crippen molar-refractivity contribution in [3.63, 3.8) is 0 Å². The average Bonchev–Trinajstić information content (AvgIpc) is 2.95. The summed E-state index contributed by atoms with van der Waals surface area (Å²) in [5, 5.41) is 11.0. The van der Waals surface area contributed by atoms with E-state index in [2.05, 4.69) is 56.2 Å². The second kappa shape index (κ2) is 12.0. The van der Waals surface area contributed by atoms with Crippen LogP contribution in [0.1, 0.15) is 18.9 Å². The first kappa shape index (κ1) is 20.7. The smallest absolute Gasteiger partial charge is 0.191 e. The van der Waals surface area contributed by atoms with E-state index >= 15 is 0 Å². The largest absolute Gasteiger partial charge is 0.357 e. The van der Waals surface area contributed by atoms with Crippen molar-refractivity contribution in [2.45, 2.75) is 19.9 Å². The molecule has 132 valence electrons. The molecule has 1 aromatic heterocycles. The van der Waals surface area contributed by atoms with Crippen molar-refractivity contribution in [3.8, 4) is 0 Å². The fourth-order valence-electron chi connectivity index (χ4n) is 2.55. The average molecular weight is 451 g/mol. The van der Waals surface area contributed by atoms with Gasteiger partial charge in [0.15, 0.2) is 5.96 Å². The molecule has 23 heavy (non-hydrogen) atoms. The fourth-order valence-corrected chi connectivity index (χ4v) is 3.21. The maximum Gasteiger partial charge on any atom is 0.191 e. The molecule has 0 unspecified atom stereocenters. The van der Waals surface area contributed by atoms with Gasteiger partial charge in [0.25, 0.3) is 0 Å². The second-order valence-corrected chi connectivity index (χ2v) is 6.53. The van der Waals surface area contributed by atoms with Gasteiger partial charge in [0.2, 0.25) is 0 Å². The van der Waals surface area contributed by atoms with Gasteiger partial charge in [-0.3, -0.25) is 0 Å². The van der Waals surface area contributed by atoms with Gasteiger partial charge in [-0.25, -0.2) is 4.99 Å². The summed E-state index contributed by atoms with van der Waals surface area (Å²) in [6.45, 7) is 10.5. The zero-order valence-corrected chi connectivity index (χ0v) is 17.4. The molecule has 0 amide bonds. The SMILES string of the molecule is CCNC(=NCc1ccsc1)NCCN1CCCN(C)CC1.I. The van der Waals surface area contributed by atoms with Crippen molar-refractivity contribution < 1.29 is 0 Å². The lowest BCUT2D eigenvalue weighted by Gasteiger charge is -2.21. The predicted octanol–water partition coefficient (Wildman–Crippen LogP) is 2.06. The Balaban J connectivity index is 0.00000264. The van der Waals surface area contributed by atoms with E-state index in [1.165, 1.54) is 38.2 Å². The van der Waals surface area contributed by atoms with Crippen LogP contribution in [-0.4, -0.2) is 68.6 Å². The van der Waals surface area contributed by atoms with Crippen LogP contribution < -0.4 is 10.6 Å². The minimum Gasteiger partial charge on any atom is -0.357 e. The van der Waals surface area contributed by atoms with Crippen molar-refractivity contribution in [1.82, 2.24) is 20.4 Å². The van der Waals surface area contributed by atoms with Crippen LogP contribution in [0.5, 0.6) is 0 Å². The van der Waals surface area contributed by atoms with E-state index in [1.54, 1.807) is 11.3 Å². The maximum atomic E-state index is 4.64. The van der Waals surface area contributed by atoms with Gasteiger partial charge >= 0.3 is 0 Å². The van der Waals surface area contributed by atoms with E-state index in [4.69, 9.17) is 0 Å². The van der Waals surface area contributed by atoms with Crippen molar-refractivity contribution in [3.05, 3.63) is 22.4 Å². The molecule has 0 aromatic carbocycles. The number of thiophene rings is 1. The number of rotatable bonds is 6. The molecule has 1 aliphatic heterocycles. The van der Waals surface area contributed by atoms with Gasteiger partial charge in [-0.15, -0.1) is 24.0 Å². The Morgan fingerprint density at radius 3 is 2.87 bits per heavy atom. The summed E-state index contributed by atoms with van der Waals surface area (Å²) in [5.74, 6) is 0.917. The molecule has 2 rings (SSSR count). The van der Waals surface area contributed by atoms with Gasteiger partial charge in [-0.2, -0.15) is 11.3 Å². The molecular formula is C16H30IN5S. The summed E-state index contributed by atoms with van der Waals surface area (Å²) in [6.07, 6.45) is 1.27. The summed E-state index contributed by atoms with van der Waals surface area (Å²) >= 11 is 1.72. The van der Waals surface area contributed by atoms with E-state index in [0.29, 0.717) is 0 Å². The lowest BCUT2D eigenvalue weighted by molar-refractivity contribution is 0.280. The van der Waals surface area contributed by atoms with E-state index in [9.17, 15) is 0 Å². The molecule has 0 bridgehead atoms. The summed E-state index contributed by atoms with van der Waals surface area (Å²) < 4.78 is 0. The van der Waals surface area contributed by atoms with Crippen LogP contribution >= 0.6 is 35.3 Å². The third-order valence-corrected chi connectivity index (χ3v) is 4.61. The number of hydrogen-bond acceptors (Lipinski definition) is 4. The van der Waals surface area contributed by atoms with Crippen molar-refractivity contribution in [2.75, 3.05) is 52.9 Å². The van der Waals surface area contributed by atoms with Crippen molar-refractivity contribution in [2.24, 2.45) is 4.99 Å². The second-order valence-electron chi connectivity index (χ2n) is 5.75. The molecule has 2 N–H and O–H groups in total. The number of guanidine groups is 1. The third kappa shape index (κ3) is 8.32. The first-order valence-corrected chi connectivity index (χ1v) is 9.16. The Labute approximate surface area is 161 Å². The molecule has 1 aromatic rings. The van der Waals surface area contributed by atoms with Crippen LogP contribution in [0.15, 0.2) is 21.8 Å². The van der Waals surface area contributed by atoms with Gasteiger partial charge in [-0.05, 0) is 55.9 Å².